The Bertz CT molecular complexity index is 434. The largest absolute Gasteiger partial charge is 0.398 e. The molecule has 5 nitrogen and oxygen atoms in total. The zero-order chi connectivity index (χ0) is 12.3. The van der Waals surface area contributed by atoms with E-state index in [-0.39, 0.29) is 0 Å². The summed E-state index contributed by atoms with van der Waals surface area (Å²) in [6, 6.07) is 4.20. The van der Waals surface area contributed by atoms with Crippen molar-refractivity contribution in [1.29, 1.82) is 0 Å². The lowest BCUT2D eigenvalue weighted by atomic mass is 10.2. The van der Waals surface area contributed by atoms with E-state index < -0.39 is 17.9 Å². The highest BCUT2D eigenvalue weighted by Gasteiger charge is 2.16. The highest BCUT2D eigenvalue weighted by atomic mass is 79.9. The van der Waals surface area contributed by atoms with E-state index in [9.17, 15) is 9.59 Å². The van der Waals surface area contributed by atoms with Crippen molar-refractivity contribution >= 4 is 33.4 Å². The van der Waals surface area contributed by atoms with Gasteiger partial charge in [-0.2, -0.15) is 0 Å². The molecule has 0 fully saturated rings. The highest BCUT2D eigenvalue weighted by molar-refractivity contribution is 9.10. The van der Waals surface area contributed by atoms with Gasteiger partial charge in [-0.1, -0.05) is 6.07 Å². The number of primary amides is 1. The minimum absolute atomic E-state index is 0.369. The Hall–Kier alpha value is -1.56. The molecular weight excluding hydrogens is 274 g/mol. The predicted molar refractivity (Wildman–Crippen MR) is 64.7 cm³/mol. The number of anilines is 1. The predicted octanol–water partition coefficient (Wildman–Crippen LogP) is 0.635. The molecule has 86 valence electrons. The van der Waals surface area contributed by atoms with Gasteiger partial charge in [-0.25, -0.2) is 0 Å². The molecule has 0 saturated heterocycles. The second-order valence-corrected chi connectivity index (χ2v) is 4.10. The number of carbonyl (C=O) groups excluding carboxylic acids is 2. The Labute approximate surface area is 101 Å². The van der Waals surface area contributed by atoms with Gasteiger partial charge >= 0.3 is 0 Å². The van der Waals surface area contributed by atoms with Gasteiger partial charge in [-0.3, -0.25) is 9.59 Å². The maximum absolute atomic E-state index is 11.7. The van der Waals surface area contributed by atoms with Crippen LogP contribution in [0.2, 0.25) is 0 Å². The van der Waals surface area contributed by atoms with E-state index in [1.54, 1.807) is 18.2 Å². The maximum atomic E-state index is 11.7. The molecule has 0 spiro atoms. The van der Waals surface area contributed by atoms with Gasteiger partial charge in [0.2, 0.25) is 5.91 Å². The van der Waals surface area contributed by atoms with Crippen molar-refractivity contribution in [2.75, 3.05) is 5.73 Å². The number of carbonyl (C=O) groups is 2. The third-order valence-electron chi connectivity index (χ3n) is 2.05. The number of halogens is 1. The lowest BCUT2D eigenvalue weighted by Gasteiger charge is -2.11. The Kier molecular flexibility index (Phi) is 3.89. The van der Waals surface area contributed by atoms with Crippen LogP contribution >= 0.6 is 15.9 Å². The van der Waals surface area contributed by atoms with Gasteiger partial charge in [0.05, 0.1) is 10.0 Å². The van der Waals surface area contributed by atoms with Gasteiger partial charge in [0.15, 0.2) is 0 Å². The molecule has 0 saturated carbocycles. The Morgan fingerprint density at radius 3 is 2.62 bits per heavy atom. The van der Waals surface area contributed by atoms with Crippen LogP contribution in [0.4, 0.5) is 5.69 Å². The summed E-state index contributed by atoms with van der Waals surface area (Å²) in [5, 5.41) is 2.46. The molecule has 0 aliphatic heterocycles. The first-order valence-electron chi connectivity index (χ1n) is 4.57. The number of hydrogen-bond donors (Lipinski definition) is 3. The molecule has 1 rings (SSSR count). The van der Waals surface area contributed by atoms with E-state index >= 15 is 0 Å². The van der Waals surface area contributed by atoms with E-state index in [1.807, 2.05) is 0 Å². The van der Waals surface area contributed by atoms with Crippen molar-refractivity contribution in [1.82, 2.24) is 5.32 Å². The van der Waals surface area contributed by atoms with Gasteiger partial charge in [0.1, 0.15) is 6.04 Å². The number of rotatable bonds is 3. The summed E-state index contributed by atoms with van der Waals surface area (Å²) in [7, 11) is 0. The van der Waals surface area contributed by atoms with Crippen LogP contribution in [0.25, 0.3) is 0 Å². The molecule has 1 aromatic rings. The average Bonchev–Trinajstić information content (AvgIpc) is 2.21. The molecule has 0 heterocycles. The molecule has 0 aliphatic carbocycles. The summed E-state index contributed by atoms with van der Waals surface area (Å²) >= 11 is 3.21. The second kappa shape index (κ2) is 4.98. The van der Waals surface area contributed by atoms with E-state index in [1.165, 1.54) is 6.92 Å². The monoisotopic (exact) mass is 285 g/mol. The summed E-state index contributed by atoms with van der Waals surface area (Å²) < 4.78 is 0.504. The normalized spacial score (nSPS) is 11.9. The zero-order valence-electron chi connectivity index (χ0n) is 8.66. The van der Waals surface area contributed by atoms with Crippen molar-refractivity contribution in [3.05, 3.63) is 28.2 Å². The zero-order valence-corrected chi connectivity index (χ0v) is 10.2. The number of nitrogens with two attached hydrogens (primary N) is 2. The average molecular weight is 286 g/mol. The molecule has 2 amide bonds. The number of benzene rings is 1. The number of nitrogen functional groups attached to an aromatic ring is 1. The lowest BCUT2D eigenvalue weighted by Crippen LogP contribution is -2.42. The van der Waals surface area contributed by atoms with Crippen LogP contribution < -0.4 is 16.8 Å². The Balaban J connectivity index is 2.89. The van der Waals surface area contributed by atoms with Crippen molar-refractivity contribution in [3.8, 4) is 0 Å². The van der Waals surface area contributed by atoms with E-state index in [2.05, 4.69) is 21.2 Å². The van der Waals surface area contributed by atoms with Crippen LogP contribution in [0.1, 0.15) is 17.3 Å². The fourth-order valence-corrected chi connectivity index (χ4v) is 1.52. The van der Waals surface area contributed by atoms with Crippen LogP contribution in [0.5, 0.6) is 0 Å². The Morgan fingerprint density at radius 2 is 2.06 bits per heavy atom. The third-order valence-corrected chi connectivity index (χ3v) is 2.93. The van der Waals surface area contributed by atoms with Crippen LogP contribution in [0.3, 0.4) is 0 Å². The molecule has 0 bridgehead atoms. The van der Waals surface area contributed by atoms with Crippen LogP contribution in [0.15, 0.2) is 22.7 Å². The van der Waals surface area contributed by atoms with Crippen molar-refractivity contribution in [2.45, 2.75) is 13.0 Å². The molecule has 0 radical (unpaired) electrons. The lowest BCUT2D eigenvalue weighted by molar-refractivity contribution is -0.119. The van der Waals surface area contributed by atoms with E-state index in [0.29, 0.717) is 15.7 Å². The van der Waals surface area contributed by atoms with Crippen molar-refractivity contribution in [3.63, 3.8) is 0 Å². The van der Waals surface area contributed by atoms with Crippen LogP contribution in [-0.2, 0) is 4.79 Å². The second-order valence-electron chi connectivity index (χ2n) is 3.31. The number of hydrogen-bond acceptors (Lipinski definition) is 3. The van der Waals surface area contributed by atoms with Crippen molar-refractivity contribution < 1.29 is 9.59 Å². The number of amides is 2. The number of nitrogens with one attached hydrogen (secondary N) is 1. The van der Waals surface area contributed by atoms with Gasteiger partial charge in [-0.05, 0) is 35.0 Å². The van der Waals surface area contributed by atoms with Gasteiger partial charge in [0.25, 0.3) is 5.91 Å². The molecule has 6 heteroatoms. The van der Waals surface area contributed by atoms with Crippen LogP contribution in [-0.4, -0.2) is 17.9 Å². The molecule has 1 aromatic carbocycles. The van der Waals surface area contributed by atoms with E-state index in [0.717, 1.165) is 0 Å². The van der Waals surface area contributed by atoms with Crippen molar-refractivity contribution in [2.24, 2.45) is 5.73 Å². The van der Waals surface area contributed by atoms with Crippen LogP contribution in [0, 0.1) is 0 Å². The SMILES string of the molecule is CC(NC(=O)c1cccc(N)c1Br)C(N)=O. The summed E-state index contributed by atoms with van der Waals surface area (Å²) in [5.74, 6) is -0.987. The van der Waals surface area contributed by atoms with Gasteiger partial charge in [0, 0.05) is 5.69 Å². The molecule has 1 unspecified atom stereocenters. The van der Waals surface area contributed by atoms with Gasteiger partial charge in [-0.15, -0.1) is 0 Å². The quantitative estimate of drug-likeness (QED) is 0.711. The summed E-state index contributed by atoms with van der Waals surface area (Å²) in [6.45, 7) is 1.51. The summed E-state index contributed by atoms with van der Waals surface area (Å²) in [6.07, 6.45) is 0. The minimum atomic E-state index is -0.721. The molecule has 1 atom stereocenters. The van der Waals surface area contributed by atoms with Gasteiger partial charge < -0.3 is 16.8 Å². The maximum Gasteiger partial charge on any atom is 0.253 e. The fraction of sp³-hybridized carbons (Fsp3) is 0.200. The molecule has 0 aromatic heterocycles. The molecule has 0 aliphatic rings. The molecule has 16 heavy (non-hydrogen) atoms. The minimum Gasteiger partial charge on any atom is -0.398 e. The third kappa shape index (κ3) is 2.73. The molecule has 5 N–H and O–H groups in total. The smallest absolute Gasteiger partial charge is 0.253 e. The van der Waals surface area contributed by atoms with E-state index in [4.69, 9.17) is 11.5 Å². The standard InChI is InChI=1S/C10H12BrN3O2/c1-5(9(13)15)14-10(16)6-3-2-4-7(12)8(6)11/h2-5H,12H2,1H3,(H2,13,15)(H,14,16). The topological polar surface area (TPSA) is 98.2 Å². The first-order chi connectivity index (χ1) is 7.43. The summed E-state index contributed by atoms with van der Waals surface area (Å²) in [5.41, 5.74) is 11.5. The first kappa shape index (κ1) is 12.5. The molecular formula is C10H12BrN3O2. The summed E-state index contributed by atoms with van der Waals surface area (Å²) in [4.78, 5) is 22.5. The Morgan fingerprint density at radius 1 is 1.44 bits per heavy atom. The highest BCUT2D eigenvalue weighted by Crippen LogP contribution is 2.23. The fourth-order valence-electron chi connectivity index (χ4n) is 1.07. The first-order valence-corrected chi connectivity index (χ1v) is 5.37.